The molecule has 0 unspecified atom stereocenters. The van der Waals surface area contributed by atoms with Gasteiger partial charge in [-0.1, -0.05) is 19.1 Å². The first-order chi connectivity index (χ1) is 16.0. The van der Waals surface area contributed by atoms with Crippen molar-refractivity contribution in [2.45, 2.75) is 33.7 Å². The Morgan fingerprint density at radius 1 is 1.18 bits per heavy atom. The molecule has 0 bridgehead atoms. The Morgan fingerprint density at radius 2 is 1.94 bits per heavy atom. The summed E-state index contributed by atoms with van der Waals surface area (Å²) in [5.41, 5.74) is 3.32. The maximum absolute atomic E-state index is 13.6. The lowest BCUT2D eigenvalue weighted by Crippen LogP contribution is -2.41. The lowest BCUT2D eigenvalue weighted by molar-refractivity contribution is 0.146. The Balaban J connectivity index is 2.09. The highest BCUT2D eigenvalue weighted by Crippen LogP contribution is 2.32. The summed E-state index contributed by atoms with van der Waals surface area (Å²) in [5.74, 6) is 0.823. The minimum absolute atomic E-state index is 0.187. The summed E-state index contributed by atoms with van der Waals surface area (Å²) in [7, 11) is 1.60. The molecule has 1 N–H and O–H groups in total. The third-order valence-electron chi connectivity index (χ3n) is 5.16. The van der Waals surface area contributed by atoms with E-state index >= 15 is 0 Å². The van der Waals surface area contributed by atoms with Crippen molar-refractivity contribution in [1.29, 1.82) is 0 Å². The van der Waals surface area contributed by atoms with E-state index in [2.05, 4.69) is 5.32 Å². The highest BCUT2D eigenvalue weighted by Gasteiger charge is 2.24. The standard InChI is InChI=1S/C25H31FN4O3/c1-5-23-22(17-29(14-15-32-4)25(31)27-6-2)24(33-21-9-7-8-18(3)16-21)30(28-23)20-12-10-19(26)11-13-20/h7-13,16H,5-6,14-15,17H2,1-4H3,(H,27,31). The average molecular weight is 455 g/mol. The number of nitrogens with one attached hydrogen (secondary N) is 1. The van der Waals surface area contributed by atoms with Gasteiger partial charge in [-0.15, -0.1) is 0 Å². The molecule has 2 aromatic carbocycles. The van der Waals surface area contributed by atoms with Gasteiger partial charge >= 0.3 is 6.03 Å². The second-order valence-electron chi connectivity index (χ2n) is 7.64. The fraction of sp³-hybridized carbons (Fsp3) is 0.360. The third kappa shape index (κ3) is 6.10. The van der Waals surface area contributed by atoms with Gasteiger partial charge < -0.3 is 19.7 Å². The lowest BCUT2D eigenvalue weighted by atomic mass is 10.2. The first-order valence-corrected chi connectivity index (χ1v) is 11.1. The van der Waals surface area contributed by atoms with E-state index < -0.39 is 0 Å². The number of carbonyl (C=O) groups excluding carboxylic acids is 1. The maximum Gasteiger partial charge on any atom is 0.317 e. The number of urea groups is 1. The maximum atomic E-state index is 13.6. The number of ether oxygens (including phenoxy) is 2. The Bertz CT molecular complexity index is 1070. The van der Waals surface area contributed by atoms with Crippen LogP contribution in [-0.4, -0.2) is 47.5 Å². The number of nitrogens with zero attached hydrogens (tertiary/aromatic N) is 3. The van der Waals surface area contributed by atoms with Crippen molar-refractivity contribution in [3.63, 3.8) is 0 Å². The zero-order chi connectivity index (χ0) is 23.8. The first-order valence-electron chi connectivity index (χ1n) is 11.1. The smallest absolute Gasteiger partial charge is 0.317 e. The third-order valence-corrected chi connectivity index (χ3v) is 5.16. The van der Waals surface area contributed by atoms with E-state index in [1.54, 1.807) is 28.8 Å². The summed E-state index contributed by atoms with van der Waals surface area (Å²) in [6.45, 7) is 7.50. The van der Waals surface area contributed by atoms with Gasteiger partial charge in [0.05, 0.1) is 30.1 Å². The van der Waals surface area contributed by atoms with Crippen LogP contribution in [0.2, 0.25) is 0 Å². The van der Waals surface area contributed by atoms with Crippen LogP contribution in [0.25, 0.3) is 5.69 Å². The van der Waals surface area contributed by atoms with E-state index in [9.17, 15) is 9.18 Å². The molecule has 0 aliphatic rings. The molecule has 176 valence electrons. The molecule has 0 saturated carbocycles. The van der Waals surface area contributed by atoms with Crippen LogP contribution in [0.1, 0.15) is 30.7 Å². The zero-order valence-electron chi connectivity index (χ0n) is 19.6. The van der Waals surface area contributed by atoms with E-state index in [-0.39, 0.29) is 11.8 Å². The van der Waals surface area contributed by atoms with Gasteiger partial charge in [0.2, 0.25) is 5.88 Å². The van der Waals surface area contributed by atoms with Crippen LogP contribution in [0.15, 0.2) is 48.5 Å². The van der Waals surface area contributed by atoms with E-state index in [4.69, 9.17) is 14.6 Å². The van der Waals surface area contributed by atoms with Crippen molar-refractivity contribution in [2.75, 3.05) is 26.8 Å². The van der Waals surface area contributed by atoms with Crippen molar-refractivity contribution in [3.05, 3.63) is 71.2 Å². The summed E-state index contributed by atoms with van der Waals surface area (Å²) in [6, 6.07) is 13.6. The van der Waals surface area contributed by atoms with E-state index in [1.807, 2.05) is 45.0 Å². The van der Waals surface area contributed by atoms with Gasteiger partial charge in [-0.25, -0.2) is 13.9 Å². The molecule has 1 aromatic heterocycles. The molecule has 3 rings (SSSR count). The summed E-state index contributed by atoms with van der Waals surface area (Å²) >= 11 is 0. The number of benzene rings is 2. The Labute approximate surface area is 194 Å². The summed E-state index contributed by atoms with van der Waals surface area (Å²) in [5, 5.41) is 7.62. The molecule has 0 aliphatic heterocycles. The molecule has 1 heterocycles. The van der Waals surface area contributed by atoms with Crippen LogP contribution in [0.5, 0.6) is 11.6 Å². The summed E-state index contributed by atoms with van der Waals surface area (Å²) < 4.78 is 26.8. The number of aromatic nitrogens is 2. The fourth-order valence-electron chi connectivity index (χ4n) is 3.48. The number of hydrogen-bond acceptors (Lipinski definition) is 4. The largest absolute Gasteiger partial charge is 0.439 e. The SMILES string of the molecule is CCNC(=O)N(CCOC)Cc1c(CC)nn(-c2ccc(F)cc2)c1Oc1cccc(C)c1. The van der Waals surface area contributed by atoms with Gasteiger partial charge in [0.1, 0.15) is 11.6 Å². The number of rotatable bonds is 10. The van der Waals surface area contributed by atoms with Crippen LogP contribution in [0, 0.1) is 12.7 Å². The van der Waals surface area contributed by atoms with E-state index in [0.717, 1.165) is 16.8 Å². The molecule has 0 atom stereocenters. The number of halogens is 1. The molecule has 0 radical (unpaired) electrons. The normalized spacial score (nSPS) is 10.8. The van der Waals surface area contributed by atoms with Crippen molar-refractivity contribution in [3.8, 4) is 17.3 Å². The average Bonchev–Trinajstić information content (AvgIpc) is 3.14. The predicted octanol–water partition coefficient (Wildman–Crippen LogP) is 4.85. The number of carbonyl (C=O) groups is 1. The molecule has 7 nitrogen and oxygen atoms in total. The van der Waals surface area contributed by atoms with Crippen LogP contribution in [0.4, 0.5) is 9.18 Å². The molecular weight excluding hydrogens is 423 g/mol. The molecule has 0 saturated heterocycles. The highest BCUT2D eigenvalue weighted by molar-refractivity contribution is 5.74. The quantitative estimate of drug-likeness (QED) is 0.475. The Morgan fingerprint density at radius 3 is 2.58 bits per heavy atom. The molecule has 0 spiro atoms. The second kappa shape index (κ2) is 11.5. The van der Waals surface area contributed by atoms with Crippen molar-refractivity contribution in [2.24, 2.45) is 0 Å². The first kappa shape index (κ1) is 24.3. The van der Waals surface area contributed by atoms with Gasteiger partial charge in [0.25, 0.3) is 0 Å². The van der Waals surface area contributed by atoms with Gasteiger partial charge in [-0.05, 0) is 62.2 Å². The molecule has 0 aliphatic carbocycles. The monoisotopic (exact) mass is 454 g/mol. The minimum Gasteiger partial charge on any atom is -0.439 e. The minimum atomic E-state index is -0.329. The van der Waals surface area contributed by atoms with Crippen LogP contribution < -0.4 is 10.1 Å². The fourth-order valence-corrected chi connectivity index (χ4v) is 3.48. The summed E-state index contributed by atoms with van der Waals surface area (Å²) in [6.07, 6.45) is 0.640. The van der Waals surface area contributed by atoms with Crippen LogP contribution in [-0.2, 0) is 17.7 Å². The summed E-state index contributed by atoms with van der Waals surface area (Å²) in [4.78, 5) is 14.4. The van der Waals surface area contributed by atoms with Gasteiger partial charge in [0, 0.05) is 20.2 Å². The van der Waals surface area contributed by atoms with Crippen molar-refractivity contribution < 1.29 is 18.7 Å². The topological polar surface area (TPSA) is 68.6 Å². The van der Waals surface area contributed by atoms with E-state index in [1.165, 1.54) is 12.1 Å². The Kier molecular flexibility index (Phi) is 8.43. The van der Waals surface area contributed by atoms with E-state index in [0.29, 0.717) is 50.0 Å². The number of hydrogen-bond donors (Lipinski definition) is 1. The lowest BCUT2D eigenvalue weighted by Gasteiger charge is -2.23. The van der Waals surface area contributed by atoms with Crippen molar-refractivity contribution in [1.82, 2.24) is 20.0 Å². The second-order valence-corrected chi connectivity index (χ2v) is 7.64. The molecule has 3 aromatic rings. The number of methoxy groups -OCH3 is 1. The molecule has 8 heteroatoms. The molecule has 33 heavy (non-hydrogen) atoms. The van der Waals surface area contributed by atoms with Gasteiger partial charge in [0.15, 0.2) is 0 Å². The molecule has 2 amide bonds. The Hall–Kier alpha value is -3.39. The molecule has 0 fully saturated rings. The van der Waals surface area contributed by atoms with Gasteiger partial charge in [-0.3, -0.25) is 0 Å². The van der Waals surface area contributed by atoms with Crippen LogP contribution in [0.3, 0.4) is 0 Å². The van der Waals surface area contributed by atoms with Gasteiger partial charge in [-0.2, -0.15) is 5.10 Å². The van der Waals surface area contributed by atoms with Crippen molar-refractivity contribution >= 4 is 6.03 Å². The molecular formula is C25H31FN4O3. The van der Waals surface area contributed by atoms with Crippen LogP contribution >= 0.6 is 0 Å². The number of aryl methyl sites for hydroxylation is 2. The predicted molar refractivity (Wildman–Crippen MR) is 126 cm³/mol. The highest BCUT2D eigenvalue weighted by atomic mass is 19.1. The zero-order valence-corrected chi connectivity index (χ0v) is 19.6. The number of amides is 2.